The molecule has 20 heavy (non-hydrogen) atoms. The lowest BCUT2D eigenvalue weighted by Gasteiger charge is -2.26. The van der Waals surface area contributed by atoms with Crippen molar-refractivity contribution in [2.45, 2.75) is 39.3 Å². The first kappa shape index (κ1) is 17.3. The van der Waals surface area contributed by atoms with Gasteiger partial charge < -0.3 is 4.74 Å². The third-order valence-electron chi connectivity index (χ3n) is 3.53. The molecule has 5 heteroatoms. The second-order valence-electron chi connectivity index (χ2n) is 4.94. The normalized spacial score (nSPS) is 15.5. The van der Waals surface area contributed by atoms with E-state index >= 15 is 0 Å². The molecular weight excluding hydrogens is 297 g/mol. The number of nitrogens with one attached hydrogen (secondary N) is 1. The number of methoxy groups -OCH3 is 1. The number of rotatable bonds is 6. The van der Waals surface area contributed by atoms with Gasteiger partial charge in [-0.15, -0.1) is 0 Å². The first-order chi connectivity index (χ1) is 9.40. The average Bonchev–Trinajstić information content (AvgIpc) is 2.42. The van der Waals surface area contributed by atoms with Crippen molar-refractivity contribution in [3.8, 4) is 0 Å². The number of halogens is 2. The topological polar surface area (TPSA) is 38.3 Å². The van der Waals surface area contributed by atoms with Crippen LogP contribution in [0.5, 0.6) is 0 Å². The zero-order valence-corrected chi connectivity index (χ0v) is 13.8. The zero-order valence-electron chi connectivity index (χ0n) is 12.2. The molecule has 3 unspecified atom stereocenters. The van der Waals surface area contributed by atoms with E-state index in [1.807, 2.05) is 26.8 Å². The summed E-state index contributed by atoms with van der Waals surface area (Å²) in [5.41, 5.74) is 0.910. The Morgan fingerprint density at radius 3 is 2.50 bits per heavy atom. The van der Waals surface area contributed by atoms with E-state index in [2.05, 4.69) is 5.32 Å². The van der Waals surface area contributed by atoms with Crippen LogP contribution in [0.15, 0.2) is 18.2 Å². The molecule has 1 rings (SSSR count). The first-order valence-electron chi connectivity index (χ1n) is 6.69. The lowest BCUT2D eigenvalue weighted by molar-refractivity contribution is -0.144. The van der Waals surface area contributed by atoms with Crippen LogP contribution in [0.25, 0.3) is 0 Å². The standard InChI is InChI=1S/C15H21Cl2NO2/c1-5-9(2)14(15(19)20-4)18-10(3)12-7-6-11(16)8-13(12)17/h6-10,14,18H,5H2,1-4H3. The highest BCUT2D eigenvalue weighted by Gasteiger charge is 2.27. The minimum absolute atomic E-state index is 0.0714. The summed E-state index contributed by atoms with van der Waals surface area (Å²) in [4.78, 5) is 11.9. The molecule has 0 amide bonds. The van der Waals surface area contributed by atoms with Crippen LogP contribution in [0, 0.1) is 5.92 Å². The second kappa shape index (κ2) is 7.87. The second-order valence-corrected chi connectivity index (χ2v) is 5.78. The van der Waals surface area contributed by atoms with Gasteiger partial charge in [0.2, 0.25) is 0 Å². The summed E-state index contributed by atoms with van der Waals surface area (Å²) >= 11 is 12.1. The van der Waals surface area contributed by atoms with Crippen LogP contribution in [0.2, 0.25) is 10.0 Å². The molecule has 1 aromatic rings. The van der Waals surface area contributed by atoms with Gasteiger partial charge in [-0.3, -0.25) is 10.1 Å². The van der Waals surface area contributed by atoms with Gasteiger partial charge in [-0.2, -0.15) is 0 Å². The van der Waals surface area contributed by atoms with Gasteiger partial charge in [-0.25, -0.2) is 0 Å². The summed E-state index contributed by atoms with van der Waals surface area (Å²) in [5.74, 6) is -0.0766. The summed E-state index contributed by atoms with van der Waals surface area (Å²) in [6.07, 6.45) is 0.883. The van der Waals surface area contributed by atoms with E-state index in [1.165, 1.54) is 7.11 Å². The number of hydrogen-bond acceptors (Lipinski definition) is 3. The molecular formula is C15H21Cl2NO2. The fourth-order valence-corrected chi connectivity index (χ4v) is 2.61. The molecule has 0 bridgehead atoms. The highest BCUT2D eigenvalue weighted by molar-refractivity contribution is 6.35. The zero-order chi connectivity index (χ0) is 15.3. The molecule has 3 atom stereocenters. The Morgan fingerprint density at radius 2 is 2.00 bits per heavy atom. The van der Waals surface area contributed by atoms with Crippen molar-refractivity contribution in [1.82, 2.24) is 5.32 Å². The van der Waals surface area contributed by atoms with Crippen molar-refractivity contribution in [2.24, 2.45) is 5.92 Å². The Labute approximate surface area is 130 Å². The summed E-state index contributed by atoms with van der Waals surface area (Å²) < 4.78 is 4.87. The maximum absolute atomic E-state index is 11.9. The van der Waals surface area contributed by atoms with E-state index in [-0.39, 0.29) is 24.0 Å². The van der Waals surface area contributed by atoms with E-state index in [0.717, 1.165) is 12.0 Å². The van der Waals surface area contributed by atoms with E-state index in [4.69, 9.17) is 27.9 Å². The van der Waals surface area contributed by atoms with Crippen molar-refractivity contribution in [3.05, 3.63) is 33.8 Å². The van der Waals surface area contributed by atoms with Gasteiger partial charge in [0, 0.05) is 16.1 Å². The summed E-state index contributed by atoms with van der Waals surface area (Å²) in [6.45, 7) is 6.03. The molecule has 0 aromatic heterocycles. The van der Waals surface area contributed by atoms with Crippen molar-refractivity contribution >= 4 is 29.2 Å². The smallest absolute Gasteiger partial charge is 0.323 e. The lowest BCUT2D eigenvalue weighted by Crippen LogP contribution is -2.43. The number of esters is 1. The van der Waals surface area contributed by atoms with E-state index in [1.54, 1.807) is 12.1 Å². The monoisotopic (exact) mass is 317 g/mol. The Kier molecular flexibility index (Phi) is 6.80. The van der Waals surface area contributed by atoms with Gasteiger partial charge in [0.05, 0.1) is 7.11 Å². The highest BCUT2D eigenvalue weighted by Crippen LogP contribution is 2.27. The van der Waals surface area contributed by atoms with Crippen molar-refractivity contribution < 1.29 is 9.53 Å². The minimum Gasteiger partial charge on any atom is -0.468 e. The van der Waals surface area contributed by atoms with Crippen LogP contribution in [0.1, 0.15) is 38.8 Å². The third kappa shape index (κ3) is 4.37. The number of hydrogen-bond donors (Lipinski definition) is 1. The van der Waals surface area contributed by atoms with Crippen LogP contribution in [0.3, 0.4) is 0 Å². The fraction of sp³-hybridized carbons (Fsp3) is 0.533. The molecule has 0 heterocycles. The number of ether oxygens (including phenoxy) is 1. The molecule has 0 spiro atoms. The van der Waals surface area contributed by atoms with Gasteiger partial charge in [0.15, 0.2) is 0 Å². The molecule has 112 valence electrons. The Hall–Kier alpha value is -0.770. The summed E-state index contributed by atoms with van der Waals surface area (Å²) in [5, 5.41) is 4.48. The van der Waals surface area contributed by atoms with Crippen LogP contribution in [0.4, 0.5) is 0 Å². The van der Waals surface area contributed by atoms with Crippen LogP contribution >= 0.6 is 23.2 Å². The van der Waals surface area contributed by atoms with Gasteiger partial charge in [-0.05, 0) is 30.5 Å². The van der Waals surface area contributed by atoms with Gasteiger partial charge in [-0.1, -0.05) is 49.5 Å². The van der Waals surface area contributed by atoms with Gasteiger partial charge in [0.25, 0.3) is 0 Å². The quantitative estimate of drug-likeness (QED) is 0.798. The van der Waals surface area contributed by atoms with Gasteiger partial charge >= 0.3 is 5.97 Å². The fourth-order valence-electron chi connectivity index (χ4n) is 2.04. The number of carbonyl (C=O) groups excluding carboxylic acids is 1. The first-order valence-corrected chi connectivity index (χ1v) is 7.45. The molecule has 0 radical (unpaired) electrons. The van der Waals surface area contributed by atoms with Crippen molar-refractivity contribution in [2.75, 3.05) is 7.11 Å². The van der Waals surface area contributed by atoms with Crippen LogP contribution in [-0.4, -0.2) is 19.1 Å². The summed E-state index contributed by atoms with van der Waals surface area (Å²) in [7, 11) is 1.40. The predicted octanol–water partition coefficient (Wildman–Crippen LogP) is 4.23. The number of benzene rings is 1. The molecule has 0 saturated carbocycles. The van der Waals surface area contributed by atoms with E-state index in [0.29, 0.717) is 10.0 Å². The molecule has 1 N–H and O–H groups in total. The van der Waals surface area contributed by atoms with Crippen molar-refractivity contribution in [1.29, 1.82) is 0 Å². The summed E-state index contributed by atoms with van der Waals surface area (Å²) in [6, 6.07) is 4.93. The molecule has 3 nitrogen and oxygen atoms in total. The average molecular weight is 318 g/mol. The third-order valence-corrected chi connectivity index (χ3v) is 4.09. The highest BCUT2D eigenvalue weighted by atomic mass is 35.5. The minimum atomic E-state index is -0.355. The molecule has 1 aromatic carbocycles. The molecule has 0 aliphatic rings. The Balaban J connectivity index is 2.90. The van der Waals surface area contributed by atoms with Crippen LogP contribution in [-0.2, 0) is 9.53 Å². The van der Waals surface area contributed by atoms with Crippen LogP contribution < -0.4 is 5.32 Å². The lowest BCUT2D eigenvalue weighted by atomic mass is 9.97. The molecule has 0 aliphatic carbocycles. The van der Waals surface area contributed by atoms with Crippen molar-refractivity contribution in [3.63, 3.8) is 0 Å². The maximum atomic E-state index is 11.9. The maximum Gasteiger partial charge on any atom is 0.323 e. The largest absolute Gasteiger partial charge is 0.468 e. The number of carbonyl (C=O) groups is 1. The van der Waals surface area contributed by atoms with E-state index < -0.39 is 0 Å². The Bertz CT molecular complexity index is 465. The molecule has 0 fully saturated rings. The SMILES string of the molecule is CCC(C)C(NC(C)c1ccc(Cl)cc1Cl)C(=O)OC. The predicted molar refractivity (Wildman–Crippen MR) is 83.3 cm³/mol. The molecule has 0 saturated heterocycles. The molecule has 0 aliphatic heterocycles. The van der Waals surface area contributed by atoms with E-state index in [9.17, 15) is 4.79 Å². The van der Waals surface area contributed by atoms with Gasteiger partial charge in [0.1, 0.15) is 6.04 Å². The Morgan fingerprint density at radius 1 is 1.35 bits per heavy atom.